The number of rotatable bonds is 2. The van der Waals surface area contributed by atoms with Crippen LogP contribution < -0.4 is 5.73 Å². The summed E-state index contributed by atoms with van der Waals surface area (Å²) in [5.74, 6) is 0. The second kappa shape index (κ2) is 3.61. The number of nitrogen functional groups attached to an aromatic ring is 1. The molecule has 3 nitrogen and oxygen atoms in total. The van der Waals surface area contributed by atoms with Crippen molar-refractivity contribution >= 4 is 32.7 Å². The zero-order valence-corrected chi connectivity index (χ0v) is 9.58. The average molecular weight is 254 g/mol. The highest BCUT2D eigenvalue weighted by atomic mass is 79.9. The zero-order valence-electron chi connectivity index (χ0n) is 8.00. The van der Waals surface area contributed by atoms with Gasteiger partial charge in [0.2, 0.25) is 0 Å². The molecule has 0 aliphatic carbocycles. The van der Waals surface area contributed by atoms with Crippen molar-refractivity contribution in [3.05, 3.63) is 22.9 Å². The maximum atomic E-state index is 5.77. The summed E-state index contributed by atoms with van der Waals surface area (Å²) in [7, 11) is 0. The zero-order chi connectivity index (χ0) is 10.1. The molecule has 0 radical (unpaired) electrons. The molecule has 4 heteroatoms. The first-order valence-corrected chi connectivity index (χ1v) is 5.42. The van der Waals surface area contributed by atoms with Crippen LogP contribution in [-0.4, -0.2) is 9.55 Å². The minimum absolute atomic E-state index is 0.735. The van der Waals surface area contributed by atoms with E-state index >= 15 is 0 Å². The van der Waals surface area contributed by atoms with Crippen molar-refractivity contribution in [1.82, 2.24) is 9.55 Å². The molecular formula is C10H12BrN3. The third kappa shape index (κ3) is 1.39. The number of benzene rings is 1. The first kappa shape index (κ1) is 9.52. The maximum Gasteiger partial charge on any atom is 0.105 e. The number of aromatic nitrogens is 2. The number of hydrogen-bond acceptors (Lipinski definition) is 2. The molecule has 2 N–H and O–H groups in total. The lowest BCUT2D eigenvalue weighted by molar-refractivity contribution is 0.697. The number of fused-ring (bicyclic) bond motifs is 1. The lowest BCUT2D eigenvalue weighted by Gasteiger charge is -2.02. The van der Waals surface area contributed by atoms with Crippen LogP contribution >= 0.6 is 15.9 Å². The molecule has 0 bridgehead atoms. The Bertz CT molecular complexity index is 462. The van der Waals surface area contributed by atoms with Gasteiger partial charge in [-0.2, -0.15) is 0 Å². The van der Waals surface area contributed by atoms with Gasteiger partial charge in [-0.05, 0) is 34.5 Å². The summed E-state index contributed by atoms with van der Waals surface area (Å²) >= 11 is 3.44. The van der Waals surface area contributed by atoms with Crippen molar-refractivity contribution in [2.24, 2.45) is 0 Å². The maximum absolute atomic E-state index is 5.77. The number of imidazole rings is 1. The molecule has 0 saturated carbocycles. The van der Waals surface area contributed by atoms with Gasteiger partial charge in [0.05, 0.1) is 16.3 Å². The summed E-state index contributed by atoms with van der Waals surface area (Å²) in [6, 6.07) is 3.92. The van der Waals surface area contributed by atoms with E-state index in [9.17, 15) is 0 Å². The second-order valence-electron chi connectivity index (χ2n) is 3.27. The molecule has 0 aliphatic heterocycles. The van der Waals surface area contributed by atoms with E-state index in [1.807, 2.05) is 18.5 Å². The molecular weight excluding hydrogens is 242 g/mol. The van der Waals surface area contributed by atoms with Crippen molar-refractivity contribution in [1.29, 1.82) is 0 Å². The summed E-state index contributed by atoms with van der Waals surface area (Å²) in [5, 5.41) is 0. The minimum atomic E-state index is 0.735. The molecule has 0 fully saturated rings. The van der Waals surface area contributed by atoms with Crippen molar-refractivity contribution in [3.63, 3.8) is 0 Å². The van der Waals surface area contributed by atoms with Gasteiger partial charge < -0.3 is 10.3 Å². The van der Waals surface area contributed by atoms with Crippen molar-refractivity contribution in [2.45, 2.75) is 19.9 Å². The van der Waals surface area contributed by atoms with Gasteiger partial charge in [-0.1, -0.05) is 6.92 Å². The van der Waals surface area contributed by atoms with Crippen LogP contribution in [0, 0.1) is 0 Å². The van der Waals surface area contributed by atoms with Crippen LogP contribution in [0.1, 0.15) is 13.3 Å². The molecule has 2 rings (SSSR count). The molecule has 0 unspecified atom stereocenters. The Morgan fingerprint density at radius 3 is 3.00 bits per heavy atom. The molecule has 0 atom stereocenters. The van der Waals surface area contributed by atoms with Gasteiger partial charge in [0.25, 0.3) is 0 Å². The van der Waals surface area contributed by atoms with E-state index in [0.717, 1.165) is 34.2 Å². The van der Waals surface area contributed by atoms with Crippen LogP contribution in [0.2, 0.25) is 0 Å². The van der Waals surface area contributed by atoms with Gasteiger partial charge in [0.15, 0.2) is 0 Å². The molecule has 0 amide bonds. The Labute approximate surface area is 91.1 Å². The predicted molar refractivity (Wildman–Crippen MR) is 62.1 cm³/mol. The Balaban J connectivity index is 2.64. The van der Waals surface area contributed by atoms with E-state index in [1.165, 1.54) is 0 Å². The standard InChI is InChI=1S/C10H12BrN3/c1-2-5-14-6-13-10-8(14)4-3-7(12)9(10)11/h3-4,6H,2,5,12H2,1H3. The molecule has 0 spiro atoms. The Hall–Kier alpha value is -1.03. The summed E-state index contributed by atoms with van der Waals surface area (Å²) in [6.45, 7) is 3.14. The van der Waals surface area contributed by atoms with Gasteiger partial charge in [-0.25, -0.2) is 4.98 Å². The lowest BCUT2D eigenvalue weighted by atomic mass is 10.3. The van der Waals surface area contributed by atoms with Gasteiger partial charge >= 0.3 is 0 Å². The lowest BCUT2D eigenvalue weighted by Crippen LogP contribution is -1.94. The minimum Gasteiger partial charge on any atom is -0.398 e. The molecule has 0 saturated heterocycles. The quantitative estimate of drug-likeness (QED) is 0.837. The van der Waals surface area contributed by atoms with Crippen LogP contribution in [0.3, 0.4) is 0 Å². The Morgan fingerprint density at radius 1 is 1.50 bits per heavy atom. The van der Waals surface area contributed by atoms with E-state index in [-0.39, 0.29) is 0 Å². The SMILES string of the molecule is CCCn1cnc2c(Br)c(N)ccc21. The van der Waals surface area contributed by atoms with E-state index < -0.39 is 0 Å². The van der Waals surface area contributed by atoms with Crippen molar-refractivity contribution < 1.29 is 0 Å². The number of anilines is 1. The third-order valence-electron chi connectivity index (χ3n) is 2.22. The van der Waals surface area contributed by atoms with E-state index in [4.69, 9.17) is 5.73 Å². The van der Waals surface area contributed by atoms with Crippen LogP contribution in [0.15, 0.2) is 22.9 Å². The highest BCUT2D eigenvalue weighted by Crippen LogP contribution is 2.28. The topological polar surface area (TPSA) is 43.8 Å². The smallest absolute Gasteiger partial charge is 0.105 e. The van der Waals surface area contributed by atoms with Crippen LogP contribution in [-0.2, 0) is 6.54 Å². The number of hydrogen-bond donors (Lipinski definition) is 1. The molecule has 2 aromatic rings. The van der Waals surface area contributed by atoms with Gasteiger partial charge in [0.1, 0.15) is 5.52 Å². The predicted octanol–water partition coefficient (Wildman–Crippen LogP) is 2.79. The normalized spacial score (nSPS) is 11.0. The number of aryl methyl sites for hydroxylation is 1. The van der Waals surface area contributed by atoms with Crippen molar-refractivity contribution in [2.75, 3.05) is 5.73 Å². The van der Waals surface area contributed by atoms with Gasteiger partial charge in [0, 0.05) is 12.2 Å². The summed E-state index contributed by atoms with van der Waals surface area (Å²) in [4.78, 5) is 4.33. The second-order valence-corrected chi connectivity index (χ2v) is 4.07. The van der Waals surface area contributed by atoms with Crippen LogP contribution in [0.25, 0.3) is 11.0 Å². The molecule has 1 heterocycles. The highest BCUT2D eigenvalue weighted by molar-refractivity contribution is 9.10. The van der Waals surface area contributed by atoms with E-state index in [1.54, 1.807) is 0 Å². The molecule has 0 aliphatic rings. The third-order valence-corrected chi connectivity index (χ3v) is 3.06. The van der Waals surface area contributed by atoms with Crippen LogP contribution in [0.4, 0.5) is 5.69 Å². The summed E-state index contributed by atoms with van der Waals surface area (Å²) in [6.07, 6.45) is 2.96. The van der Waals surface area contributed by atoms with Gasteiger partial charge in [-0.3, -0.25) is 0 Å². The number of halogens is 1. The highest BCUT2D eigenvalue weighted by Gasteiger charge is 2.07. The first-order chi connectivity index (χ1) is 6.74. The largest absolute Gasteiger partial charge is 0.398 e. The Kier molecular flexibility index (Phi) is 2.46. The summed E-state index contributed by atoms with van der Waals surface area (Å²) in [5.41, 5.74) is 8.58. The van der Waals surface area contributed by atoms with Gasteiger partial charge in [-0.15, -0.1) is 0 Å². The molecule has 14 heavy (non-hydrogen) atoms. The number of nitrogens with two attached hydrogens (primary N) is 1. The van der Waals surface area contributed by atoms with Crippen LogP contribution in [0.5, 0.6) is 0 Å². The molecule has 1 aromatic heterocycles. The fraction of sp³-hybridized carbons (Fsp3) is 0.300. The summed E-state index contributed by atoms with van der Waals surface area (Å²) < 4.78 is 3.03. The average Bonchev–Trinajstić information content (AvgIpc) is 2.57. The number of nitrogens with zero attached hydrogens (tertiary/aromatic N) is 2. The fourth-order valence-corrected chi connectivity index (χ4v) is 1.97. The monoisotopic (exact) mass is 253 g/mol. The van der Waals surface area contributed by atoms with E-state index in [0.29, 0.717) is 0 Å². The van der Waals surface area contributed by atoms with Crippen molar-refractivity contribution in [3.8, 4) is 0 Å². The Morgan fingerprint density at radius 2 is 2.29 bits per heavy atom. The first-order valence-electron chi connectivity index (χ1n) is 4.63. The molecule has 1 aromatic carbocycles. The van der Waals surface area contributed by atoms with E-state index in [2.05, 4.69) is 32.4 Å². The molecule has 74 valence electrons. The fourth-order valence-electron chi connectivity index (χ4n) is 1.53.